The lowest BCUT2D eigenvalue weighted by atomic mass is 10.2. The molecule has 0 heterocycles. The number of carboxylic acid groups (broad SMARTS) is 1. The van der Waals surface area contributed by atoms with E-state index in [2.05, 4.69) is 0 Å². The minimum absolute atomic E-state index is 0.0313. The molecule has 0 bridgehead atoms. The lowest BCUT2D eigenvalue weighted by molar-refractivity contribution is -0.385. The van der Waals surface area contributed by atoms with Crippen molar-refractivity contribution in [3.63, 3.8) is 0 Å². The van der Waals surface area contributed by atoms with Gasteiger partial charge in [-0.05, 0) is 18.2 Å². The van der Waals surface area contributed by atoms with Crippen molar-refractivity contribution in [2.45, 2.75) is 0 Å². The largest absolute Gasteiger partial charge is 0.497 e. The second-order valence-electron chi connectivity index (χ2n) is 3.99. The summed E-state index contributed by atoms with van der Waals surface area (Å²) < 4.78 is 10.4. The van der Waals surface area contributed by atoms with Crippen LogP contribution in [0.4, 0.5) is 5.69 Å². The number of methoxy groups -OCH3 is 1. The summed E-state index contributed by atoms with van der Waals surface area (Å²) in [7, 11) is 1.42. The fourth-order valence-corrected chi connectivity index (χ4v) is 1.70. The summed E-state index contributed by atoms with van der Waals surface area (Å²) in [4.78, 5) is 21.5. The minimum atomic E-state index is -1.20. The average molecular weight is 289 g/mol. The van der Waals surface area contributed by atoms with Gasteiger partial charge in [0.1, 0.15) is 17.1 Å². The number of para-hydroxylation sites is 2. The summed E-state index contributed by atoms with van der Waals surface area (Å²) in [6.07, 6.45) is 0. The third-order valence-electron chi connectivity index (χ3n) is 2.70. The van der Waals surface area contributed by atoms with Crippen LogP contribution < -0.4 is 9.47 Å². The molecule has 0 aliphatic rings. The standard InChI is InChI=1S/C14H11NO6/c1-20-9-6-7-10(14(16)17)13(8-9)21-12-5-3-2-4-11(12)15(18)19/h2-8H,1H3,(H,16,17). The normalized spacial score (nSPS) is 9.95. The Bertz CT molecular complexity index is 698. The quantitative estimate of drug-likeness (QED) is 0.670. The highest BCUT2D eigenvalue weighted by atomic mass is 16.6. The molecule has 0 aliphatic carbocycles. The van der Waals surface area contributed by atoms with E-state index in [0.717, 1.165) is 0 Å². The Morgan fingerprint density at radius 3 is 2.52 bits per heavy atom. The maximum absolute atomic E-state index is 11.2. The summed E-state index contributed by atoms with van der Waals surface area (Å²) >= 11 is 0. The SMILES string of the molecule is COc1ccc(C(=O)O)c(Oc2ccccc2[N+](=O)[O-])c1. The van der Waals surface area contributed by atoms with Crippen LogP contribution in [-0.4, -0.2) is 23.1 Å². The Balaban J connectivity index is 2.48. The molecule has 7 nitrogen and oxygen atoms in total. The zero-order valence-corrected chi connectivity index (χ0v) is 11.0. The Hall–Kier alpha value is -3.09. The molecule has 2 rings (SSSR count). The zero-order valence-electron chi connectivity index (χ0n) is 11.0. The Kier molecular flexibility index (Phi) is 4.03. The number of hydrogen-bond acceptors (Lipinski definition) is 5. The van der Waals surface area contributed by atoms with Gasteiger partial charge in [-0.3, -0.25) is 10.1 Å². The fourth-order valence-electron chi connectivity index (χ4n) is 1.70. The Morgan fingerprint density at radius 2 is 1.90 bits per heavy atom. The maximum atomic E-state index is 11.2. The van der Waals surface area contributed by atoms with Crippen LogP contribution in [0.15, 0.2) is 42.5 Å². The van der Waals surface area contributed by atoms with Crippen LogP contribution in [0.3, 0.4) is 0 Å². The molecule has 2 aromatic carbocycles. The summed E-state index contributed by atoms with van der Waals surface area (Å²) in [6.45, 7) is 0. The lowest BCUT2D eigenvalue weighted by Gasteiger charge is -2.10. The van der Waals surface area contributed by atoms with Gasteiger partial charge in [-0.25, -0.2) is 4.79 Å². The molecule has 0 aromatic heterocycles. The molecular weight excluding hydrogens is 278 g/mol. The number of benzene rings is 2. The van der Waals surface area contributed by atoms with Gasteiger partial charge in [0.05, 0.1) is 12.0 Å². The zero-order chi connectivity index (χ0) is 15.4. The first-order valence-corrected chi connectivity index (χ1v) is 5.85. The molecule has 108 valence electrons. The molecule has 0 radical (unpaired) electrons. The number of hydrogen-bond donors (Lipinski definition) is 1. The minimum Gasteiger partial charge on any atom is -0.497 e. The molecule has 0 unspecified atom stereocenters. The summed E-state index contributed by atoms with van der Waals surface area (Å²) in [6, 6.07) is 9.86. The maximum Gasteiger partial charge on any atom is 0.339 e. The average Bonchev–Trinajstić information content (AvgIpc) is 2.47. The molecule has 0 saturated carbocycles. The third kappa shape index (κ3) is 3.08. The molecule has 7 heteroatoms. The van der Waals surface area contributed by atoms with Crippen LogP contribution in [0.1, 0.15) is 10.4 Å². The predicted molar refractivity (Wildman–Crippen MR) is 73.1 cm³/mol. The topological polar surface area (TPSA) is 98.9 Å². The second kappa shape index (κ2) is 5.91. The number of carboxylic acids is 1. The first-order valence-electron chi connectivity index (χ1n) is 5.85. The van der Waals surface area contributed by atoms with Gasteiger partial charge < -0.3 is 14.6 Å². The summed E-state index contributed by atoms with van der Waals surface area (Å²) in [5.74, 6) is -0.894. The molecule has 21 heavy (non-hydrogen) atoms. The van der Waals surface area contributed by atoms with Crippen molar-refractivity contribution in [1.82, 2.24) is 0 Å². The molecular formula is C14H11NO6. The number of nitro groups is 1. The van der Waals surface area contributed by atoms with Gasteiger partial charge in [0.25, 0.3) is 0 Å². The van der Waals surface area contributed by atoms with E-state index < -0.39 is 10.9 Å². The van der Waals surface area contributed by atoms with Crippen LogP contribution in [0.2, 0.25) is 0 Å². The number of rotatable bonds is 5. The van der Waals surface area contributed by atoms with E-state index in [0.29, 0.717) is 5.75 Å². The van der Waals surface area contributed by atoms with Crippen molar-refractivity contribution in [2.24, 2.45) is 0 Å². The van der Waals surface area contributed by atoms with Gasteiger partial charge in [0.15, 0.2) is 0 Å². The van der Waals surface area contributed by atoms with E-state index in [-0.39, 0.29) is 22.7 Å². The fraction of sp³-hybridized carbons (Fsp3) is 0.0714. The smallest absolute Gasteiger partial charge is 0.339 e. The molecule has 0 aliphatic heterocycles. The second-order valence-corrected chi connectivity index (χ2v) is 3.99. The number of ether oxygens (including phenoxy) is 2. The Morgan fingerprint density at radius 1 is 1.19 bits per heavy atom. The highest BCUT2D eigenvalue weighted by Crippen LogP contribution is 2.34. The highest BCUT2D eigenvalue weighted by molar-refractivity contribution is 5.91. The van der Waals surface area contributed by atoms with Crippen LogP contribution in [0, 0.1) is 10.1 Å². The monoisotopic (exact) mass is 289 g/mol. The van der Waals surface area contributed by atoms with Gasteiger partial charge >= 0.3 is 11.7 Å². The van der Waals surface area contributed by atoms with Crippen LogP contribution in [0.5, 0.6) is 17.2 Å². The van der Waals surface area contributed by atoms with Crippen LogP contribution in [-0.2, 0) is 0 Å². The van der Waals surface area contributed by atoms with Crippen LogP contribution >= 0.6 is 0 Å². The van der Waals surface area contributed by atoms with E-state index in [1.807, 2.05) is 0 Å². The number of nitrogens with zero attached hydrogens (tertiary/aromatic N) is 1. The number of nitro benzene ring substituents is 1. The van der Waals surface area contributed by atoms with Crippen molar-refractivity contribution in [3.8, 4) is 17.2 Å². The molecule has 2 aromatic rings. The van der Waals surface area contributed by atoms with Crippen molar-refractivity contribution < 1.29 is 24.3 Å². The molecule has 0 atom stereocenters. The molecule has 0 amide bonds. The van der Waals surface area contributed by atoms with Crippen molar-refractivity contribution in [1.29, 1.82) is 0 Å². The molecule has 0 spiro atoms. The van der Waals surface area contributed by atoms with Crippen molar-refractivity contribution in [3.05, 3.63) is 58.1 Å². The van der Waals surface area contributed by atoms with E-state index in [1.165, 1.54) is 43.5 Å². The van der Waals surface area contributed by atoms with Gasteiger partial charge in [-0.2, -0.15) is 0 Å². The lowest BCUT2D eigenvalue weighted by Crippen LogP contribution is -2.01. The highest BCUT2D eigenvalue weighted by Gasteiger charge is 2.18. The molecule has 0 fully saturated rings. The first-order chi connectivity index (χ1) is 10.0. The number of carbonyl (C=O) groups is 1. The van der Waals surface area contributed by atoms with Crippen LogP contribution in [0.25, 0.3) is 0 Å². The number of aromatic carboxylic acids is 1. The van der Waals surface area contributed by atoms with Gasteiger partial charge in [-0.15, -0.1) is 0 Å². The summed E-state index contributed by atoms with van der Waals surface area (Å²) in [5, 5.41) is 20.1. The first kappa shape index (κ1) is 14.3. The van der Waals surface area contributed by atoms with Crippen molar-refractivity contribution >= 4 is 11.7 Å². The molecule has 1 N–H and O–H groups in total. The molecule has 0 saturated heterocycles. The van der Waals surface area contributed by atoms with E-state index >= 15 is 0 Å². The van der Waals surface area contributed by atoms with Gasteiger partial charge in [-0.1, -0.05) is 12.1 Å². The van der Waals surface area contributed by atoms with E-state index in [4.69, 9.17) is 14.6 Å². The summed E-state index contributed by atoms with van der Waals surface area (Å²) in [5.41, 5.74) is -0.370. The Labute approximate surface area is 119 Å². The van der Waals surface area contributed by atoms with Crippen molar-refractivity contribution in [2.75, 3.05) is 7.11 Å². The van der Waals surface area contributed by atoms with E-state index in [1.54, 1.807) is 6.07 Å². The van der Waals surface area contributed by atoms with Gasteiger partial charge in [0.2, 0.25) is 5.75 Å². The van der Waals surface area contributed by atoms with E-state index in [9.17, 15) is 14.9 Å². The third-order valence-corrected chi connectivity index (χ3v) is 2.70. The predicted octanol–water partition coefficient (Wildman–Crippen LogP) is 3.09. The van der Waals surface area contributed by atoms with Gasteiger partial charge in [0, 0.05) is 12.1 Å².